The molecule has 1 aliphatic heterocycles. The van der Waals surface area contributed by atoms with Crippen LogP contribution in [0.5, 0.6) is 5.88 Å². The van der Waals surface area contributed by atoms with E-state index in [1.165, 1.54) is 0 Å². The van der Waals surface area contributed by atoms with E-state index in [0.717, 1.165) is 17.5 Å². The lowest BCUT2D eigenvalue weighted by Crippen LogP contribution is -2.32. The van der Waals surface area contributed by atoms with E-state index in [9.17, 15) is 9.59 Å². The van der Waals surface area contributed by atoms with Crippen LogP contribution in [-0.2, 0) is 14.2 Å². The molecule has 0 bridgehead atoms. The average Bonchev–Trinajstić information content (AvgIpc) is 3.55. The summed E-state index contributed by atoms with van der Waals surface area (Å²) in [6, 6.07) is 14.2. The van der Waals surface area contributed by atoms with E-state index in [1.807, 2.05) is 45.0 Å². The minimum Gasteiger partial charge on any atom is -0.476 e. The van der Waals surface area contributed by atoms with E-state index in [0.29, 0.717) is 28.9 Å². The summed E-state index contributed by atoms with van der Waals surface area (Å²) in [4.78, 5) is 38.5. The molecular weight excluding hydrogens is 514 g/mol. The number of esters is 2. The highest BCUT2D eigenvalue weighted by Gasteiger charge is 2.41. The van der Waals surface area contributed by atoms with E-state index in [1.54, 1.807) is 35.2 Å². The molecule has 1 fully saturated rings. The van der Waals surface area contributed by atoms with E-state index in [4.69, 9.17) is 24.7 Å². The van der Waals surface area contributed by atoms with E-state index >= 15 is 0 Å². The molecule has 2 aromatic carbocycles. The molecule has 5 rings (SSSR count). The molecule has 4 aromatic rings. The number of nitrogens with zero attached hydrogens (tertiary/aromatic N) is 4. The fraction of sp³-hybridized carbons (Fsp3) is 0.345. The number of aromatic nitrogens is 4. The van der Waals surface area contributed by atoms with Crippen LogP contribution in [-0.4, -0.2) is 56.9 Å². The van der Waals surface area contributed by atoms with Gasteiger partial charge in [0, 0.05) is 6.42 Å². The largest absolute Gasteiger partial charge is 0.476 e. The number of aryl methyl sites for hydroxylation is 2. The number of nitrogens with two attached hydrogens (primary N) is 1. The van der Waals surface area contributed by atoms with Gasteiger partial charge < -0.3 is 24.7 Å². The van der Waals surface area contributed by atoms with Crippen molar-refractivity contribution in [1.29, 1.82) is 0 Å². The van der Waals surface area contributed by atoms with Gasteiger partial charge in [-0.05, 0) is 44.5 Å². The van der Waals surface area contributed by atoms with Crippen molar-refractivity contribution in [2.75, 3.05) is 18.9 Å². The van der Waals surface area contributed by atoms with Gasteiger partial charge >= 0.3 is 11.9 Å². The number of carbonyl (C=O) groups is 2. The van der Waals surface area contributed by atoms with E-state index in [2.05, 4.69) is 15.0 Å². The quantitative estimate of drug-likeness (QED) is 0.304. The lowest BCUT2D eigenvalue weighted by Gasteiger charge is -2.19. The van der Waals surface area contributed by atoms with Crippen LogP contribution in [0.15, 0.2) is 54.9 Å². The van der Waals surface area contributed by atoms with Crippen LogP contribution < -0.4 is 10.5 Å². The van der Waals surface area contributed by atoms with Crippen molar-refractivity contribution in [2.24, 2.45) is 0 Å². The van der Waals surface area contributed by atoms with Gasteiger partial charge in [-0.25, -0.2) is 14.6 Å². The predicted octanol–water partition coefficient (Wildman–Crippen LogP) is 4.18. The summed E-state index contributed by atoms with van der Waals surface area (Å²) < 4.78 is 25.3. The number of rotatable bonds is 9. The van der Waals surface area contributed by atoms with Crippen LogP contribution in [0.4, 0.5) is 5.95 Å². The molecule has 1 aliphatic rings. The third-order valence-electron chi connectivity index (χ3n) is 6.56. The summed E-state index contributed by atoms with van der Waals surface area (Å²) in [5.74, 6) is -0.666. The van der Waals surface area contributed by atoms with Crippen molar-refractivity contribution in [3.63, 3.8) is 0 Å². The Kier molecular flexibility index (Phi) is 7.92. The highest BCUT2D eigenvalue weighted by Crippen LogP contribution is 2.36. The van der Waals surface area contributed by atoms with Crippen LogP contribution in [0.1, 0.15) is 57.8 Å². The summed E-state index contributed by atoms with van der Waals surface area (Å²) in [7, 11) is 0. The Morgan fingerprint density at radius 2 is 1.65 bits per heavy atom. The van der Waals surface area contributed by atoms with Gasteiger partial charge in [0.2, 0.25) is 11.8 Å². The van der Waals surface area contributed by atoms with Crippen molar-refractivity contribution >= 4 is 29.1 Å². The summed E-state index contributed by atoms with van der Waals surface area (Å²) in [6.07, 6.45) is 0.526. The van der Waals surface area contributed by atoms with Gasteiger partial charge in [0.05, 0.1) is 24.1 Å². The topological polar surface area (TPSA) is 141 Å². The summed E-state index contributed by atoms with van der Waals surface area (Å²) in [5.41, 5.74) is 9.60. The van der Waals surface area contributed by atoms with Gasteiger partial charge in [0.25, 0.3) is 0 Å². The molecule has 0 saturated carbocycles. The predicted molar refractivity (Wildman–Crippen MR) is 146 cm³/mol. The molecule has 208 valence electrons. The van der Waals surface area contributed by atoms with Crippen LogP contribution in [0, 0.1) is 13.8 Å². The maximum absolute atomic E-state index is 13.0. The third kappa shape index (κ3) is 5.89. The van der Waals surface area contributed by atoms with Crippen molar-refractivity contribution < 1.29 is 28.5 Å². The van der Waals surface area contributed by atoms with Crippen LogP contribution in [0.3, 0.4) is 0 Å². The zero-order valence-electron chi connectivity index (χ0n) is 22.6. The molecular formula is C29H31N5O6. The second kappa shape index (κ2) is 11.7. The smallest absolute Gasteiger partial charge is 0.338 e. The highest BCUT2D eigenvalue weighted by atomic mass is 16.6. The van der Waals surface area contributed by atoms with Crippen molar-refractivity contribution in [3.05, 3.63) is 77.1 Å². The SMILES string of the molecule is CCCOc1nc(N)nc2ncn([C@H]3C[C@H](OC(=O)c4ccc(C)cc4)[C@@H](COC(=O)c4ccc(C)cc4)O3)c12. The maximum Gasteiger partial charge on any atom is 0.338 e. The lowest BCUT2D eigenvalue weighted by atomic mass is 10.1. The Morgan fingerprint density at radius 3 is 2.30 bits per heavy atom. The minimum absolute atomic E-state index is 0.0435. The number of hydrogen-bond donors (Lipinski definition) is 1. The van der Waals surface area contributed by atoms with Gasteiger partial charge in [-0.2, -0.15) is 9.97 Å². The number of carbonyl (C=O) groups excluding carboxylic acids is 2. The molecule has 40 heavy (non-hydrogen) atoms. The molecule has 11 nitrogen and oxygen atoms in total. The Bertz CT molecular complexity index is 1500. The molecule has 0 amide bonds. The molecule has 2 N–H and O–H groups in total. The van der Waals surface area contributed by atoms with Gasteiger partial charge in [-0.1, -0.05) is 42.3 Å². The van der Waals surface area contributed by atoms with Gasteiger partial charge in [-0.3, -0.25) is 4.57 Å². The summed E-state index contributed by atoms with van der Waals surface area (Å²) in [5, 5.41) is 0. The number of anilines is 1. The monoisotopic (exact) mass is 545 g/mol. The molecule has 0 spiro atoms. The first kappa shape index (κ1) is 27.1. The number of imidazole rings is 1. The second-order valence-corrected chi connectivity index (χ2v) is 9.70. The number of nitrogen functional groups attached to an aromatic ring is 1. The fourth-order valence-corrected chi connectivity index (χ4v) is 4.42. The molecule has 3 atom stereocenters. The second-order valence-electron chi connectivity index (χ2n) is 9.70. The standard InChI is InChI=1S/C29H31N5O6/c1-4-13-37-26-24-25(32-29(30)33-26)31-16-34(24)23-14-21(40-28(36)20-11-7-18(3)8-12-20)22(39-23)15-38-27(35)19-9-5-17(2)6-10-19/h5-12,16,21-23H,4,13-15H2,1-3H3,(H2,30,32,33)/t21-,22+,23+/m0/s1. The first-order chi connectivity index (χ1) is 19.3. The molecule has 3 heterocycles. The van der Waals surface area contributed by atoms with Gasteiger partial charge in [-0.15, -0.1) is 0 Å². The zero-order chi connectivity index (χ0) is 28.2. The number of fused-ring (bicyclic) bond motifs is 1. The van der Waals surface area contributed by atoms with Gasteiger partial charge in [0.15, 0.2) is 11.2 Å². The Balaban J connectivity index is 1.39. The molecule has 11 heteroatoms. The fourth-order valence-electron chi connectivity index (χ4n) is 4.42. The normalized spacial score (nSPS) is 18.5. The van der Waals surface area contributed by atoms with Crippen LogP contribution >= 0.6 is 0 Å². The molecule has 0 unspecified atom stereocenters. The van der Waals surface area contributed by atoms with Crippen LogP contribution in [0.2, 0.25) is 0 Å². The molecule has 2 aromatic heterocycles. The highest BCUT2D eigenvalue weighted by molar-refractivity contribution is 5.90. The Hall–Kier alpha value is -4.51. The van der Waals surface area contributed by atoms with Crippen molar-refractivity contribution in [1.82, 2.24) is 19.5 Å². The number of hydrogen-bond acceptors (Lipinski definition) is 10. The molecule has 0 aliphatic carbocycles. The van der Waals surface area contributed by atoms with Crippen LogP contribution in [0.25, 0.3) is 11.2 Å². The molecule has 0 radical (unpaired) electrons. The Labute approximate surface area is 231 Å². The summed E-state index contributed by atoms with van der Waals surface area (Å²) in [6.45, 7) is 6.16. The van der Waals surface area contributed by atoms with Gasteiger partial charge in [0.1, 0.15) is 25.0 Å². The minimum atomic E-state index is -0.735. The molecule has 1 saturated heterocycles. The van der Waals surface area contributed by atoms with Crippen molar-refractivity contribution in [2.45, 2.75) is 52.0 Å². The summed E-state index contributed by atoms with van der Waals surface area (Å²) >= 11 is 0. The third-order valence-corrected chi connectivity index (χ3v) is 6.56. The first-order valence-electron chi connectivity index (χ1n) is 13.1. The zero-order valence-corrected chi connectivity index (χ0v) is 22.6. The Morgan fingerprint density at radius 1 is 1.00 bits per heavy atom. The first-order valence-corrected chi connectivity index (χ1v) is 13.1. The van der Waals surface area contributed by atoms with Crippen molar-refractivity contribution in [3.8, 4) is 5.88 Å². The number of benzene rings is 2. The van der Waals surface area contributed by atoms with E-state index < -0.39 is 30.4 Å². The number of ether oxygens (including phenoxy) is 4. The lowest BCUT2D eigenvalue weighted by molar-refractivity contribution is -0.0562. The van der Waals surface area contributed by atoms with E-state index in [-0.39, 0.29) is 24.9 Å². The average molecular weight is 546 g/mol. The maximum atomic E-state index is 13.0.